The molecule has 0 aliphatic carbocycles. The molecular formula is C18H14ClNO3. The standard InChI is InChI=1S/C18H14ClNO3/c19-12-1-4-17-10(6-12)5-11(9-23-17)15-8-18(22)20-16-7-13(21)2-3-14(15)16/h1-7,15,21H,8-9H2,(H,20,22)/t15-/m0/s1. The highest BCUT2D eigenvalue weighted by Gasteiger charge is 2.30. The van der Waals surface area contributed by atoms with E-state index in [1.165, 1.54) is 0 Å². The van der Waals surface area contributed by atoms with E-state index in [9.17, 15) is 9.90 Å². The number of carbonyl (C=O) groups excluding carboxylic acids is 1. The molecule has 2 aliphatic heterocycles. The van der Waals surface area contributed by atoms with Crippen molar-refractivity contribution in [1.82, 2.24) is 0 Å². The lowest BCUT2D eigenvalue weighted by molar-refractivity contribution is -0.116. The molecule has 1 atom stereocenters. The zero-order valence-electron chi connectivity index (χ0n) is 12.2. The number of aromatic hydroxyl groups is 1. The van der Waals surface area contributed by atoms with Crippen molar-refractivity contribution >= 4 is 29.3 Å². The van der Waals surface area contributed by atoms with Crippen LogP contribution in [-0.4, -0.2) is 17.6 Å². The first-order valence-corrected chi connectivity index (χ1v) is 7.73. The minimum Gasteiger partial charge on any atom is -0.508 e. The molecule has 0 saturated carbocycles. The van der Waals surface area contributed by atoms with Crippen molar-refractivity contribution in [2.75, 3.05) is 11.9 Å². The number of hydrogen-bond acceptors (Lipinski definition) is 3. The van der Waals surface area contributed by atoms with Crippen LogP contribution in [0.5, 0.6) is 11.5 Å². The Labute approximate surface area is 138 Å². The fourth-order valence-corrected chi connectivity index (χ4v) is 3.33. The molecule has 116 valence electrons. The number of fused-ring (bicyclic) bond motifs is 2. The first-order valence-electron chi connectivity index (χ1n) is 7.36. The molecule has 0 fully saturated rings. The predicted molar refractivity (Wildman–Crippen MR) is 89.0 cm³/mol. The quantitative estimate of drug-likeness (QED) is 0.834. The predicted octanol–water partition coefficient (Wildman–Crippen LogP) is 3.95. The number of phenolic OH excluding ortho intramolecular Hbond substituents is 1. The summed E-state index contributed by atoms with van der Waals surface area (Å²) in [6.45, 7) is 0.437. The highest BCUT2D eigenvalue weighted by molar-refractivity contribution is 6.30. The van der Waals surface area contributed by atoms with Gasteiger partial charge >= 0.3 is 0 Å². The van der Waals surface area contributed by atoms with E-state index in [-0.39, 0.29) is 17.6 Å². The highest BCUT2D eigenvalue weighted by Crippen LogP contribution is 2.41. The summed E-state index contributed by atoms with van der Waals surface area (Å²) in [5.74, 6) is 0.803. The maximum Gasteiger partial charge on any atom is 0.225 e. The summed E-state index contributed by atoms with van der Waals surface area (Å²) in [4.78, 5) is 12.0. The lowest BCUT2D eigenvalue weighted by Crippen LogP contribution is -2.26. The minimum absolute atomic E-state index is 0.0634. The van der Waals surface area contributed by atoms with Crippen LogP contribution in [0.25, 0.3) is 6.08 Å². The minimum atomic E-state index is -0.0640. The van der Waals surface area contributed by atoms with Crippen LogP contribution in [0.1, 0.15) is 23.5 Å². The number of ether oxygens (including phenoxy) is 1. The number of nitrogens with one attached hydrogen (secondary N) is 1. The van der Waals surface area contributed by atoms with Gasteiger partial charge in [0.05, 0.1) is 0 Å². The number of benzene rings is 2. The second-order valence-corrected chi connectivity index (χ2v) is 6.20. The van der Waals surface area contributed by atoms with Crippen LogP contribution in [-0.2, 0) is 4.79 Å². The molecule has 2 aromatic carbocycles. The molecule has 0 aromatic heterocycles. The average Bonchev–Trinajstić information content (AvgIpc) is 2.53. The number of halogens is 1. The second kappa shape index (κ2) is 5.32. The van der Waals surface area contributed by atoms with Crippen LogP contribution in [0.3, 0.4) is 0 Å². The third kappa shape index (κ3) is 2.55. The first kappa shape index (κ1) is 14.2. The Balaban J connectivity index is 1.78. The third-order valence-corrected chi connectivity index (χ3v) is 4.47. The van der Waals surface area contributed by atoms with E-state index in [2.05, 4.69) is 5.32 Å². The van der Waals surface area contributed by atoms with Gasteiger partial charge in [-0.25, -0.2) is 0 Å². The molecule has 2 heterocycles. The number of carbonyl (C=O) groups is 1. The maximum atomic E-state index is 12.0. The van der Waals surface area contributed by atoms with E-state index in [4.69, 9.17) is 16.3 Å². The van der Waals surface area contributed by atoms with Gasteiger partial charge in [0.2, 0.25) is 5.91 Å². The van der Waals surface area contributed by atoms with Crippen LogP contribution in [0.15, 0.2) is 42.0 Å². The topological polar surface area (TPSA) is 58.6 Å². The fourth-order valence-electron chi connectivity index (χ4n) is 3.15. The van der Waals surface area contributed by atoms with E-state index < -0.39 is 0 Å². The largest absolute Gasteiger partial charge is 0.508 e. The van der Waals surface area contributed by atoms with Gasteiger partial charge in [0.1, 0.15) is 18.1 Å². The van der Waals surface area contributed by atoms with Crippen LogP contribution in [0.4, 0.5) is 5.69 Å². The van der Waals surface area contributed by atoms with Gasteiger partial charge in [-0.05, 0) is 41.5 Å². The van der Waals surface area contributed by atoms with E-state index in [0.717, 1.165) is 22.4 Å². The fraction of sp³-hybridized carbons (Fsp3) is 0.167. The molecule has 1 amide bonds. The van der Waals surface area contributed by atoms with Crippen LogP contribution in [0.2, 0.25) is 5.02 Å². The average molecular weight is 328 g/mol. The number of rotatable bonds is 1. The molecular weight excluding hydrogens is 314 g/mol. The summed E-state index contributed by atoms with van der Waals surface area (Å²) in [5, 5.41) is 13.1. The van der Waals surface area contributed by atoms with Gasteiger partial charge in [0.25, 0.3) is 0 Å². The van der Waals surface area contributed by atoms with Crippen molar-refractivity contribution in [3.8, 4) is 11.5 Å². The SMILES string of the molecule is O=C1C[C@@H](C2=Cc3cc(Cl)ccc3OC2)c2ccc(O)cc2N1. The summed E-state index contributed by atoms with van der Waals surface area (Å²) in [6, 6.07) is 10.6. The van der Waals surface area contributed by atoms with Gasteiger partial charge in [-0.2, -0.15) is 0 Å². The molecule has 4 rings (SSSR count). The smallest absolute Gasteiger partial charge is 0.225 e. The molecule has 0 spiro atoms. The zero-order chi connectivity index (χ0) is 16.0. The third-order valence-electron chi connectivity index (χ3n) is 4.23. The van der Waals surface area contributed by atoms with Crippen LogP contribution < -0.4 is 10.1 Å². The Morgan fingerprint density at radius 2 is 2.09 bits per heavy atom. The van der Waals surface area contributed by atoms with E-state index in [1.807, 2.05) is 24.3 Å². The van der Waals surface area contributed by atoms with Gasteiger partial charge in [0, 0.05) is 34.7 Å². The Morgan fingerprint density at radius 3 is 2.96 bits per heavy atom. The Morgan fingerprint density at radius 1 is 1.22 bits per heavy atom. The van der Waals surface area contributed by atoms with Gasteiger partial charge in [0.15, 0.2) is 0 Å². The van der Waals surface area contributed by atoms with Gasteiger partial charge in [-0.15, -0.1) is 0 Å². The van der Waals surface area contributed by atoms with Crippen molar-refractivity contribution in [1.29, 1.82) is 0 Å². The molecule has 2 N–H and O–H groups in total. The summed E-state index contributed by atoms with van der Waals surface area (Å²) < 4.78 is 5.81. The lowest BCUT2D eigenvalue weighted by Gasteiger charge is -2.30. The molecule has 2 aromatic rings. The molecule has 0 saturated heterocycles. The van der Waals surface area contributed by atoms with Crippen molar-refractivity contribution < 1.29 is 14.6 Å². The Bertz CT molecular complexity index is 844. The highest BCUT2D eigenvalue weighted by atomic mass is 35.5. The van der Waals surface area contributed by atoms with E-state index in [0.29, 0.717) is 23.7 Å². The molecule has 23 heavy (non-hydrogen) atoms. The van der Waals surface area contributed by atoms with Crippen molar-refractivity contribution in [3.05, 3.63) is 58.1 Å². The number of amides is 1. The number of phenols is 1. The van der Waals surface area contributed by atoms with Crippen LogP contribution in [0, 0.1) is 0 Å². The second-order valence-electron chi connectivity index (χ2n) is 5.77. The summed E-state index contributed by atoms with van der Waals surface area (Å²) in [5.41, 5.74) is 3.60. The lowest BCUT2D eigenvalue weighted by atomic mass is 9.83. The van der Waals surface area contributed by atoms with Crippen molar-refractivity contribution in [2.45, 2.75) is 12.3 Å². The maximum absolute atomic E-state index is 12.0. The Kier molecular flexibility index (Phi) is 3.27. The van der Waals surface area contributed by atoms with Crippen molar-refractivity contribution in [3.63, 3.8) is 0 Å². The first-order chi connectivity index (χ1) is 11.1. The van der Waals surface area contributed by atoms with E-state index >= 15 is 0 Å². The molecule has 4 nitrogen and oxygen atoms in total. The van der Waals surface area contributed by atoms with Gasteiger partial charge in [-0.1, -0.05) is 17.7 Å². The zero-order valence-corrected chi connectivity index (χ0v) is 12.9. The molecule has 5 heteroatoms. The normalized spacial score (nSPS) is 19.1. The van der Waals surface area contributed by atoms with Gasteiger partial charge in [-0.3, -0.25) is 4.79 Å². The monoisotopic (exact) mass is 327 g/mol. The Hall–Kier alpha value is -2.46. The van der Waals surface area contributed by atoms with Crippen LogP contribution >= 0.6 is 11.6 Å². The van der Waals surface area contributed by atoms with Crippen molar-refractivity contribution in [2.24, 2.45) is 0 Å². The molecule has 0 bridgehead atoms. The number of anilines is 1. The van der Waals surface area contributed by atoms with Gasteiger partial charge < -0.3 is 15.2 Å². The number of hydrogen-bond donors (Lipinski definition) is 2. The summed E-state index contributed by atoms with van der Waals surface area (Å²) >= 11 is 6.06. The molecule has 2 aliphatic rings. The molecule has 0 radical (unpaired) electrons. The summed E-state index contributed by atoms with van der Waals surface area (Å²) in [7, 11) is 0. The molecule has 0 unspecified atom stereocenters. The summed E-state index contributed by atoms with van der Waals surface area (Å²) in [6.07, 6.45) is 2.41. The van der Waals surface area contributed by atoms with E-state index in [1.54, 1.807) is 18.2 Å².